The molecule has 36 heavy (non-hydrogen) atoms. The summed E-state index contributed by atoms with van der Waals surface area (Å²) in [4.78, 5) is 33.6. The number of nitrogens with zero attached hydrogens (tertiary/aromatic N) is 2. The van der Waals surface area contributed by atoms with E-state index in [-0.39, 0.29) is 24.2 Å². The van der Waals surface area contributed by atoms with Gasteiger partial charge in [0.15, 0.2) is 0 Å². The Morgan fingerprint density at radius 2 is 1.86 bits per heavy atom. The van der Waals surface area contributed by atoms with Gasteiger partial charge in [-0.05, 0) is 51.1 Å². The molecule has 2 unspecified atom stereocenters. The lowest BCUT2D eigenvalue weighted by Crippen LogP contribution is -2.56. The second kappa shape index (κ2) is 10.9. The van der Waals surface area contributed by atoms with E-state index < -0.39 is 12.0 Å². The number of carbonyl (C=O) groups is 2. The Morgan fingerprint density at radius 1 is 1.11 bits per heavy atom. The van der Waals surface area contributed by atoms with Crippen LogP contribution in [0.3, 0.4) is 0 Å². The highest BCUT2D eigenvalue weighted by Crippen LogP contribution is 2.32. The number of carbonyl (C=O) groups excluding carboxylic acids is 2. The van der Waals surface area contributed by atoms with Crippen molar-refractivity contribution in [1.29, 1.82) is 0 Å². The molecule has 3 aromatic rings. The van der Waals surface area contributed by atoms with E-state index in [0.717, 1.165) is 31.1 Å². The molecule has 0 aliphatic carbocycles. The second-order valence-electron chi connectivity index (χ2n) is 8.91. The van der Waals surface area contributed by atoms with Crippen molar-refractivity contribution in [3.8, 4) is 11.5 Å². The standard InChI is InChI=1S/C27H34N4O5/c1-6-36-27(33)25-24(22-15-21(35-5)10-11-23(22)28-25)29-26(32)18(3)30-12-13-31(17(2)16-30)19-8-7-9-20(14-19)34-4/h7-11,14-15,17-18,28H,6,12-13,16H2,1-5H3,(H,29,32). The fraction of sp³-hybridized carbons (Fsp3) is 0.407. The third-order valence-corrected chi connectivity index (χ3v) is 6.70. The quantitative estimate of drug-likeness (QED) is 0.459. The zero-order chi connectivity index (χ0) is 25.8. The number of aromatic nitrogens is 1. The molecule has 2 atom stereocenters. The number of piperazine rings is 1. The van der Waals surface area contributed by atoms with Gasteiger partial charge in [0.1, 0.15) is 17.2 Å². The van der Waals surface area contributed by atoms with Gasteiger partial charge in [0.05, 0.1) is 32.6 Å². The van der Waals surface area contributed by atoms with E-state index in [4.69, 9.17) is 14.2 Å². The van der Waals surface area contributed by atoms with Gasteiger partial charge in [0, 0.05) is 48.3 Å². The van der Waals surface area contributed by atoms with Crippen molar-refractivity contribution in [2.24, 2.45) is 0 Å². The Balaban J connectivity index is 1.52. The summed E-state index contributed by atoms with van der Waals surface area (Å²) in [6, 6.07) is 13.2. The lowest BCUT2D eigenvalue weighted by Gasteiger charge is -2.43. The number of hydrogen-bond donors (Lipinski definition) is 2. The number of anilines is 2. The van der Waals surface area contributed by atoms with E-state index in [1.807, 2.05) is 31.2 Å². The summed E-state index contributed by atoms with van der Waals surface area (Å²) in [5.74, 6) is 0.744. The van der Waals surface area contributed by atoms with Crippen molar-refractivity contribution in [3.63, 3.8) is 0 Å². The lowest BCUT2D eigenvalue weighted by atomic mass is 10.1. The number of aromatic amines is 1. The van der Waals surface area contributed by atoms with Crippen LogP contribution >= 0.6 is 0 Å². The van der Waals surface area contributed by atoms with Crippen molar-refractivity contribution in [1.82, 2.24) is 9.88 Å². The maximum Gasteiger partial charge on any atom is 0.356 e. The molecule has 2 aromatic carbocycles. The number of hydrogen-bond acceptors (Lipinski definition) is 7. The van der Waals surface area contributed by atoms with Crippen LogP contribution in [0.15, 0.2) is 42.5 Å². The lowest BCUT2D eigenvalue weighted by molar-refractivity contribution is -0.121. The predicted octanol–water partition coefficient (Wildman–Crippen LogP) is 3.90. The van der Waals surface area contributed by atoms with Crippen molar-refractivity contribution >= 4 is 34.2 Å². The highest BCUT2D eigenvalue weighted by molar-refractivity contribution is 6.12. The van der Waals surface area contributed by atoms with Crippen LogP contribution in [-0.4, -0.2) is 74.3 Å². The SMILES string of the molecule is CCOC(=O)c1[nH]c2ccc(OC)cc2c1NC(=O)C(C)N1CCN(c2cccc(OC)c2)C(C)C1. The van der Waals surface area contributed by atoms with Gasteiger partial charge >= 0.3 is 5.97 Å². The van der Waals surface area contributed by atoms with Crippen LogP contribution in [0.25, 0.3) is 10.9 Å². The van der Waals surface area contributed by atoms with Gasteiger partial charge in [-0.25, -0.2) is 4.79 Å². The maximum atomic E-state index is 13.4. The third-order valence-electron chi connectivity index (χ3n) is 6.70. The minimum atomic E-state index is -0.517. The molecule has 1 aliphatic heterocycles. The molecule has 1 saturated heterocycles. The van der Waals surface area contributed by atoms with Crippen molar-refractivity contribution in [2.75, 3.05) is 50.7 Å². The van der Waals surface area contributed by atoms with Crippen LogP contribution in [0, 0.1) is 0 Å². The average molecular weight is 495 g/mol. The minimum absolute atomic E-state index is 0.189. The summed E-state index contributed by atoms with van der Waals surface area (Å²) < 4.78 is 15.9. The summed E-state index contributed by atoms with van der Waals surface area (Å²) in [6.45, 7) is 8.25. The first kappa shape index (κ1) is 25.4. The number of nitrogens with one attached hydrogen (secondary N) is 2. The van der Waals surface area contributed by atoms with Crippen LogP contribution < -0.4 is 19.7 Å². The topological polar surface area (TPSA) is 96.1 Å². The number of H-pyrrole nitrogens is 1. The molecule has 1 amide bonds. The van der Waals surface area contributed by atoms with Crippen LogP contribution in [-0.2, 0) is 9.53 Å². The average Bonchev–Trinajstić information content (AvgIpc) is 3.25. The molecule has 0 bridgehead atoms. The summed E-state index contributed by atoms with van der Waals surface area (Å²) in [5.41, 5.74) is 2.44. The molecule has 0 spiro atoms. The van der Waals surface area contributed by atoms with Gasteiger partial charge < -0.3 is 29.4 Å². The van der Waals surface area contributed by atoms with E-state index in [1.165, 1.54) is 0 Å². The molecular weight excluding hydrogens is 460 g/mol. The van der Waals surface area contributed by atoms with Crippen molar-refractivity contribution < 1.29 is 23.8 Å². The molecule has 2 N–H and O–H groups in total. The highest BCUT2D eigenvalue weighted by atomic mass is 16.5. The van der Waals surface area contributed by atoms with Gasteiger partial charge in [0.2, 0.25) is 5.91 Å². The Kier molecular flexibility index (Phi) is 7.69. The van der Waals surface area contributed by atoms with Gasteiger partial charge in [0.25, 0.3) is 0 Å². The smallest absolute Gasteiger partial charge is 0.356 e. The molecule has 1 aromatic heterocycles. The van der Waals surface area contributed by atoms with Crippen LogP contribution in [0.5, 0.6) is 11.5 Å². The number of rotatable bonds is 8. The monoisotopic (exact) mass is 494 g/mol. The first-order chi connectivity index (χ1) is 17.4. The number of amides is 1. The zero-order valence-corrected chi connectivity index (χ0v) is 21.5. The van der Waals surface area contributed by atoms with Crippen molar-refractivity contribution in [3.05, 3.63) is 48.2 Å². The number of esters is 1. The van der Waals surface area contributed by atoms with Gasteiger partial charge in [-0.1, -0.05) is 6.07 Å². The largest absolute Gasteiger partial charge is 0.497 e. The number of methoxy groups -OCH3 is 2. The summed E-state index contributed by atoms with van der Waals surface area (Å²) >= 11 is 0. The zero-order valence-electron chi connectivity index (χ0n) is 21.5. The molecule has 192 valence electrons. The highest BCUT2D eigenvalue weighted by Gasteiger charge is 2.31. The molecule has 9 heteroatoms. The number of ether oxygens (including phenoxy) is 3. The van der Waals surface area contributed by atoms with Crippen molar-refractivity contribution in [2.45, 2.75) is 32.9 Å². The summed E-state index contributed by atoms with van der Waals surface area (Å²) in [5, 5.41) is 3.68. The van der Waals surface area contributed by atoms with E-state index in [9.17, 15) is 9.59 Å². The van der Waals surface area contributed by atoms with Gasteiger partial charge in [-0.2, -0.15) is 0 Å². The fourth-order valence-electron chi connectivity index (χ4n) is 4.69. The van der Waals surface area contributed by atoms with E-state index >= 15 is 0 Å². The molecule has 0 radical (unpaired) electrons. The third kappa shape index (κ3) is 5.11. The Hall–Kier alpha value is -3.72. The van der Waals surface area contributed by atoms with Crippen LogP contribution in [0.1, 0.15) is 31.3 Å². The Bertz CT molecular complexity index is 1240. The number of benzene rings is 2. The summed E-state index contributed by atoms with van der Waals surface area (Å²) in [7, 11) is 3.24. The molecule has 2 heterocycles. The molecule has 9 nitrogen and oxygen atoms in total. The molecule has 4 rings (SSSR count). The normalized spacial score (nSPS) is 17.0. The second-order valence-corrected chi connectivity index (χ2v) is 8.91. The number of fused-ring (bicyclic) bond motifs is 1. The predicted molar refractivity (Wildman–Crippen MR) is 140 cm³/mol. The Labute approximate surface area is 211 Å². The molecule has 1 fully saturated rings. The summed E-state index contributed by atoms with van der Waals surface area (Å²) in [6.07, 6.45) is 0. The van der Waals surface area contributed by atoms with Crippen LogP contribution in [0.4, 0.5) is 11.4 Å². The molecule has 1 aliphatic rings. The van der Waals surface area contributed by atoms with Gasteiger partial charge in [-0.3, -0.25) is 9.69 Å². The Morgan fingerprint density at radius 3 is 2.56 bits per heavy atom. The van der Waals surface area contributed by atoms with E-state index in [2.05, 4.69) is 33.1 Å². The maximum absolute atomic E-state index is 13.4. The van der Waals surface area contributed by atoms with E-state index in [1.54, 1.807) is 33.3 Å². The molecule has 0 saturated carbocycles. The van der Waals surface area contributed by atoms with Crippen LogP contribution in [0.2, 0.25) is 0 Å². The fourth-order valence-corrected chi connectivity index (χ4v) is 4.69. The first-order valence-electron chi connectivity index (χ1n) is 12.2. The minimum Gasteiger partial charge on any atom is -0.497 e. The molecular formula is C27H34N4O5. The van der Waals surface area contributed by atoms with E-state index in [0.29, 0.717) is 22.3 Å². The first-order valence-corrected chi connectivity index (χ1v) is 12.2. The van der Waals surface area contributed by atoms with Gasteiger partial charge in [-0.15, -0.1) is 0 Å².